The standard InChI is InChI=1S/C13H20ClNO/c1-13(2,10-15-8-9-16-3)11-6-4-5-7-12(11)14/h4-7,15H,8-10H2,1-3H3. The van der Waals surface area contributed by atoms with Crippen molar-refractivity contribution >= 4 is 11.6 Å². The van der Waals surface area contributed by atoms with Gasteiger partial charge in [0.1, 0.15) is 0 Å². The van der Waals surface area contributed by atoms with Crippen molar-refractivity contribution in [2.75, 3.05) is 26.8 Å². The molecule has 0 aromatic heterocycles. The van der Waals surface area contributed by atoms with E-state index in [0.717, 1.165) is 24.7 Å². The number of nitrogens with one attached hydrogen (secondary N) is 1. The van der Waals surface area contributed by atoms with Crippen molar-refractivity contribution in [2.24, 2.45) is 0 Å². The molecular formula is C13H20ClNO. The molecule has 0 heterocycles. The van der Waals surface area contributed by atoms with Crippen molar-refractivity contribution in [3.05, 3.63) is 34.9 Å². The zero-order chi connectivity index (χ0) is 12.0. The highest BCUT2D eigenvalue weighted by Gasteiger charge is 2.22. The van der Waals surface area contributed by atoms with Gasteiger partial charge in [-0.3, -0.25) is 0 Å². The second kappa shape index (κ2) is 6.24. The first-order chi connectivity index (χ1) is 7.58. The van der Waals surface area contributed by atoms with E-state index in [1.807, 2.05) is 18.2 Å². The summed E-state index contributed by atoms with van der Waals surface area (Å²) in [5.41, 5.74) is 1.22. The molecule has 0 saturated heterocycles. The molecule has 0 spiro atoms. The molecule has 1 N–H and O–H groups in total. The highest BCUT2D eigenvalue weighted by atomic mass is 35.5. The van der Waals surface area contributed by atoms with E-state index in [4.69, 9.17) is 16.3 Å². The van der Waals surface area contributed by atoms with Gasteiger partial charge in [0.05, 0.1) is 6.61 Å². The predicted octanol–water partition coefficient (Wildman–Crippen LogP) is 2.85. The van der Waals surface area contributed by atoms with Crippen LogP contribution in [-0.4, -0.2) is 26.8 Å². The first-order valence-electron chi connectivity index (χ1n) is 5.52. The van der Waals surface area contributed by atoms with E-state index >= 15 is 0 Å². The molecule has 1 aromatic rings. The molecule has 2 nitrogen and oxygen atoms in total. The third kappa shape index (κ3) is 3.78. The summed E-state index contributed by atoms with van der Waals surface area (Å²) in [5.74, 6) is 0. The molecular weight excluding hydrogens is 222 g/mol. The molecule has 90 valence electrons. The zero-order valence-electron chi connectivity index (χ0n) is 10.2. The lowest BCUT2D eigenvalue weighted by Crippen LogP contribution is -2.34. The molecule has 0 fully saturated rings. The Morgan fingerprint density at radius 1 is 1.31 bits per heavy atom. The molecule has 16 heavy (non-hydrogen) atoms. The van der Waals surface area contributed by atoms with E-state index in [1.165, 1.54) is 5.56 Å². The number of hydrogen-bond donors (Lipinski definition) is 1. The summed E-state index contributed by atoms with van der Waals surface area (Å²) < 4.78 is 5.00. The summed E-state index contributed by atoms with van der Waals surface area (Å²) in [5, 5.41) is 4.20. The van der Waals surface area contributed by atoms with Crippen LogP contribution in [0.15, 0.2) is 24.3 Å². The molecule has 0 aliphatic rings. The topological polar surface area (TPSA) is 21.3 Å². The van der Waals surface area contributed by atoms with Gasteiger partial charge in [-0.2, -0.15) is 0 Å². The van der Waals surface area contributed by atoms with Crippen molar-refractivity contribution in [1.82, 2.24) is 5.32 Å². The highest BCUT2D eigenvalue weighted by molar-refractivity contribution is 6.31. The van der Waals surface area contributed by atoms with Crippen LogP contribution < -0.4 is 5.32 Å². The van der Waals surface area contributed by atoms with Gasteiger partial charge in [0.15, 0.2) is 0 Å². The Morgan fingerprint density at radius 3 is 2.62 bits per heavy atom. The van der Waals surface area contributed by atoms with Gasteiger partial charge in [0, 0.05) is 30.6 Å². The van der Waals surface area contributed by atoms with Crippen LogP contribution in [0.25, 0.3) is 0 Å². The summed E-state index contributed by atoms with van der Waals surface area (Å²) in [6.45, 7) is 6.87. The average molecular weight is 242 g/mol. The minimum absolute atomic E-state index is 0.0338. The molecule has 0 atom stereocenters. The fourth-order valence-electron chi connectivity index (χ4n) is 1.68. The molecule has 0 radical (unpaired) electrons. The van der Waals surface area contributed by atoms with Gasteiger partial charge in [-0.15, -0.1) is 0 Å². The van der Waals surface area contributed by atoms with Crippen molar-refractivity contribution in [1.29, 1.82) is 0 Å². The van der Waals surface area contributed by atoms with Gasteiger partial charge in [-0.1, -0.05) is 43.6 Å². The molecule has 0 amide bonds. The van der Waals surface area contributed by atoms with E-state index in [9.17, 15) is 0 Å². The molecule has 0 bridgehead atoms. The summed E-state index contributed by atoms with van der Waals surface area (Å²) in [4.78, 5) is 0. The fraction of sp³-hybridized carbons (Fsp3) is 0.538. The van der Waals surface area contributed by atoms with Crippen molar-refractivity contribution in [3.8, 4) is 0 Å². The van der Waals surface area contributed by atoms with Gasteiger partial charge in [0.25, 0.3) is 0 Å². The van der Waals surface area contributed by atoms with Gasteiger partial charge in [0.2, 0.25) is 0 Å². The molecule has 1 aromatic carbocycles. The van der Waals surface area contributed by atoms with E-state index in [-0.39, 0.29) is 5.41 Å². The summed E-state index contributed by atoms with van der Waals surface area (Å²) >= 11 is 6.20. The third-order valence-electron chi connectivity index (χ3n) is 2.65. The van der Waals surface area contributed by atoms with Crippen molar-refractivity contribution in [2.45, 2.75) is 19.3 Å². The minimum Gasteiger partial charge on any atom is -0.383 e. The molecule has 0 aliphatic heterocycles. The van der Waals surface area contributed by atoms with Crippen LogP contribution in [0.1, 0.15) is 19.4 Å². The summed E-state index contributed by atoms with van der Waals surface area (Å²) in [6.07, 6.45) is 0. The Kier molecular flexibility index (Phi) is 5.26. The van der Waals surface area contributed by atoms with Crippen LogP contribution >= 0.6 is 11.6 Å². The smallest absolute Gasteiger partial charge is 0.0587 e. The lowest BCUT2D eigenvalue weighted by atomic mass is 9.84. The van der Waals surface area contributed by atoms with Gasteiger partial charge < -0.3 is 10.1 Å². The van der Waals surface area contributed by atoms with Gasteiger partial charge in [-0.05, 0) is 11.6 Å². The largest absolute Gasteiger partial charge is 0.383 e. The maximum absolute atomic E-state index is 6.20. The average Bonchev–Trinajstić information content (AvgIpc) is 2.25. The van der Waals surface area contributed by atoms with Crippen molar-refractivity contribution in [3.63, 3.8) is 0 Å². The third-order valence-corrected chi connectivity index (χ3v) is 2.98. The number of ether oxygens (including phenoxy) is 1. The lowest BCUT2D eigenvalue weighted by molar-refractivity contribution is 0.197. The number of hydrogen-bond acceptors (Lipinski definition) is 2. The quantitative estimate of drug-likeness (QED) is 0.774. The fourth-order valence-corrected chi connectivity index (χ4v) is 2.07. The summed E-state index contributed by atoms with van der Waals surface area (Å²) in [7, 11) is 1.71. The molecule has 0 aliphatic carbocycles. The van der Waals surface area contributed by atoms with E-state index < -0.39 is 0 Å². The van der Waals surface area contributed by atoms with E-state index in [0.29, 0.717) is 0 Å². The predicted molar refractivity (Wildman–Crippen MR) is 69.2 cm³/mol. The van der Waals surface area contributed by atoms with Crippen LogP contribution in [0.4, 0.5) is 0 Å². The highest BCUT2D eigenvalue weighted by Crippen LogP contribution is 2.28. The van der Waals surface area contributed by atoms with Crippen LogP contribution in [-0.2, 0) is 10.2 Å². The zero-order valence-corrected chi connectivity index (χ0v) is 11.0. The maximum atomic E-state index is 6.20. The first-order valence-corrected chi connectivity index (χ1v) is 5.90. The number of halogens is 1. The number of rotatable bonds is 6. The number of methoxy groups -OCH3 is 1. The molecule has 1 rings (SSSR count). The Labute approximate surface area is 103 Å². The lowest BCUT2D eigenvalue weighted by Gasteiger charge is -2.26. The number of benzene rings is 1. The molecule has 0 saturated carbocycles. The normalized spacial score (nSPS) is 11.8. The van der Waals surface area contributed by atoms with Gasteiger partial charge in [-0.25, -0.2) is 0 Å². The Morgan fingerprint density at radius 2 is 2.00 bits per heavy atom. The second-order valence-electron chi connectivity index (χ2n) is 4.53. The molecule has 0 unspecified atom stereocenters. The van der Waals surface area contributed by atoms with Crippen LogP contribution in [0.3, 0.4) is 0 Å². The van der Waals surface area contributed by atoms with Crippen LogP contribution in [0.5, 0.6) is 0 Å². The van der Waals surface area contributed by atoms with Crippen LogP contribution in [0.2, 0.25) is 5.02 Å². The SMILES string of the molecule is COCCNCC(C)(C)c1ccccc1Cl. The van der Waals surface area contributed by atoms with Crippen LogP contribution in [0, 0.1) is 0 Å². The molecule has 3 heteroatoms. The second-order valence-corrected chi connectivity index (χ2v) is 4.94. The van der Waals surface area contributed by atoms with E-state index in [2.05, 4.69) is 25.2 Å². The van der Waals surface area contributed by atoms with Gasteiger partial charge >= 0.3 is 0 Å². The minimum atomic E-state index is 0.0338. The maximum Gasteiger partial charge on any atom is 0.0587 e. The monoisotopic (exact) mass is 241 g/mol. The van der Waals surface area contributed by atoms with E-state index in [1.54, 1.807) is 7.11 Å². The first kappa shape index (κ1) is 13.5. The Hall–Kier alpha value is -0.570. The Bertz CT molecular complexity index is 325. The summed E-state index contributed by atoms with van der Waals surface area (Å²) in [6, 6.07) is 8.01. The Balaban J connectivity index is 2.59. The van der Waals surface area contributed by atoms with Crippen molar-refractivity contribution < 1.29 is 4.74 Å².